The van der Waals surface area contributed by atoms with Crippen molar-refractivity contribution in [2.45, 2.75) is 47.8 Å². The first-order valence-corrected chi connectivity index (χ1v) is 8.14. The number of hydrogen-bond donors (Lipinski definition) is 2. The zero-order valence-electron chi connectivity index (χ0n) is 10.1. The lowest BCUT2D eigenvalue weighted by Crippen LogP contribution is -2.38. The SMILES string of the molecule is C[C@H]1CC(NCC2CC(O)C2)c2ccsc2S1. The van der Waals surface area contributed by atoms with Gasteiger partial charge in [-0.15, -0.1) is 23.1 Å². The molecule has 0 amide bonds. The third-order valence-corrected chi connectivity index (χ3v) is 6.12. The molecule has 1 fully saturated rings. The highest BCUT2D eigenvalue weighted by atomic mass is 32.2. The summed E-state index contributed by atoms with van der Waals surface area (Å²) in [4.78, 5) is 0. The first-order valence-electron chi connectivity index (χ1n) is 6.38. The number of thiophene rings is 1. The van der Waals surface area contributed by atoms with Crippen LogP contribution in [0.25, 0.3) is 0 Å². The Balaban J connectivity index is 1.60. The summed E-state index contributed by atoms with van der Waals surface area (Å²) in [6.45, 7) is 3.38. The van der Waals surface area contributed by atoms with Gasteiger partial charge in [0.1, 0.15) is 0 Å². The van der Waals surface area contributed by atoms with Gasteiger partial charge in [0.15, 0.2) is 0 Å². The molecule has 17 heavy (non-hydrogen) atoms. The van der Waals surface area contributed by atoms with E-state index in [9.17, 15) is 5.11 Å². The van der Waals surface area contributed by atoms with Gasteiger partial charge in [0.2, 0.25) is 0 Å². The van der Waals surface area contributed by atoms with Crippen molar-refractivity contribution in [2.24, 2.45) is 5.92 Å². The molecule has 2 heterocycles. The lowest BCUT2D eigenvalue weighted by atomic mass is 9.82. The summed E-state index contributed by atoms with van der Waals surface area (Å²) in [5.74, 6) is 0.692. The van der Waals surface area contributed by atoms with Gasteiger partial charge in [-0.05, 0) is 48.7 Å². The normalized spacial score (nSPS) is 36.4. The van der Waals surface area contributed by atoms with Crippen molar-refractivity contribution in [3.8, 4) is 0 Å². The number of aliphatic hydroxyl groups is 1. The summed E-state index contributed by atoms with van der Waals surface area (Å²) in [5.41, 5.74) is 1.50. The summed E-state index contributed by atoms with van der Waals surface area (Å²) in [5, 5.41) is 15.9. The molecule has 1 unspecified atom stereocenters. The molecule has 4 heteroatoms. The topological polar surface area (TPSA) is 32.3 Å². The molecule has 1 aliphatic carbocycles. The van der Waals surface area contributed by atoms with E-state index in [1.165, 1.54) is 16.2 Å². The van der Waals surface area contributed by atoms with Crippen LogP contribution in [0.5, 0.6) is 0 Å². The van der Waals surface area contributed by atoms with E-state index in [1.54, 1.807) is 0 Å². The lowest BCUT2D eigenvalue weighted by Gasteiger charge is -2.34. The van der Waals surface area contributed by atoms with Crippen LogP contribution in [0.2, 0.25) is 0 Å². The van der Waals surface area contributed by atoms with Gasteiger partial charge in [-0.25, -0.2) is 0 Å². The van der Waals surface area contributed by atoms with Crippen molar-refractivity contribution in [3.63, 3.8) is 0 Å². The Bertz CT molecular complexity index is 387. The molecule has 2 N–H and O–H groups in total. The zero-order chi connectivity index (χ0) is 11.8. The lowest BCUT2D eigenvalue weighted by molar-refractivity contribution is 0.0416. The van der Waals surface area contributed by atoms with E-state index in [-0.39, 0.29) is 6.10 Å². The molecule has 0 spiro atoms. The van der Waals surface area contributed by atoms with E-state index in [0.717, 1.165) is 19.4 Å². The van der Waals surface area contributed by atoms with E-state index in [1.807, 2.05) is 23.1 Å². The highest BCUT2D eigenvalue weighted by molar-refractivity contribution is 8.01. The Kier molecular flexibility index (Phi) is 3.48. The van der Waals surface area contributed by atoms with Crippen LogP contribution in [-0.4, -0.2) is 23.0 Å². The van der Waals surface area contributed by atoms with Gasteiger partial charge in [0, 0.05) is 11.3 Å². The standard InChI is InChI=1S/C13H19NOS2/c1-8-4-12(11-2-3-16-13(11)17-8)14-7-9-5-10(15)6-9/h2-3,8-10,12,14-15H,4-7H2,1H3/t8-,9?,10?,12?/m0/s1. The second kappa shape index (κ2) is 4.92. The molecule has 2 atom stereocenters. The maximum Gasteiger partial charge on any atom is 0.0649 e. The number of aliphatic hydroxyl groups excluding tert-OH is 1. The van der Waals surface area contributed by atoms with Gasteiger partial charge in [0.05, 0.1) is 10.3 Å². The van der Waals surface area contributed by atoms with E-state index >= 15 is 0 Å². The fourth-order valence-electron chi connectivity index (χ4n) is 2.72. The fraction of sp³-hybridized carbons (Fsp3) is 0.692. The number of nitrogens with one attached hydrogen (secondary N) is 1. The van der Waals surface area contributed by atoms with E-state index in [2.05, 4.69) is 23.7 Å². The minimum Gasteiger partial charge on any atom is -0.393 e. The van der Waals surface area contributed by atoms with Crippen molar-refractivity contribution >= 4 is 23.1 Å². The monoisotopic (exact) mass is 269 g/mol. The molecule has 0 bridgehead atoms. The Morgan fingerprint density at radius 1 is 1.41 bits per heavy atom. The molecule has 0 radical (unpaired) electrons. The Morgan fingerprint density at radius 2 is 2.24 bits per heavy atom. The Morgan fingerprint density at radius 3 is 3.00 bits per heavy atom. The number of hydrogen-bond acceptors (Lipinski definition) is 4. The molecule has 0 saturated heterocycles. The van der Waals surface area contributed by atoms with Crippen LogP contribution in [0, 0.1) is 5.92 Å². The van der Waals surface area contributed by atoms with Gasteiger partial charge in [0.25, 0.3) is 0 Å². The third-order valence-electron chi connectivity index (χ3n) is 3.77. The van der Waals surface area contributed by atoms with Gasteiger partial charge >= 0.3 is 0 Å². The van der Waals surface area contributed by atoms with Crippen LogP contribution in [0.4, 0.5) is 0 Å². The molecule has 2 aliphatic rings. The third kappa shape index (κ3) is 2.55. The maximum atomic E-state index is 9.29. The molecule has 1 aliphatic heterocycles. The van der Waals surface area contributed by atoms with Gasteiger partial charge < -0.3 is 10.4 Å². The van der Waals surface area contributed by atoms with Crippen LogP contribution in [0.15, 0.2) is 15.7 Å². The highest BCUT2D eigenvalue weighted by Crippen LogP contribution is 2.43. The van der Waals surface area contributed by atoms with E-state index in [4.69, 9.17) is 0 Å². The van der Waals surface area contributed by atoms with Gasteiger partial charge in [-0.3, -0.25) is 0 Å². The first kappa shape index (κ1) is 12.0. The number of fused-ring (bicyclic) bond motifs is 1. The Hall–Kier alpha value is -0.0300. The summed E-state index contributed by atoms with van der Waals surface area (Å²) >= 11 is 3.89. The van der Waals surface area contributed by atoms with Crippen molar-refractivity contribution in [2.75, 3.05) is 6.54 Å². The predicted molar refractivity (Wildman–Crippen MR) is 73.7 cm³/mol. The van der Waals surface area contributed by atoms with E-state index in [0.29, 0.717) is 17.2 Å². The summed E-state index contributed by atoms with van der Waals surface area (Å²) in [6.07, 6.45) is 3.17. The molecule has 0 aromatic carbocycles. The molecule has 94 valence electrons. The minimum absolute atomic E-state index is 0.0284. The average molecular weight is 269 g/mol. The van der Waals surface area contributed by atoms with E-state index < -0.39 is 0 Å². The number of thioether (sulfide) groups is 1. The minimum atomic E-state index is -0.0284. The summed E-state index contributed by atoms with van der Waals surface area (Å²) in [7, 11) is 0. The molecule has 1 aromatic rings. The molecule has 1 saturated carbocycles. The van der Waals surface area contributed by atoms with Crippen molar-refractivity contribution in [3.05, 3.63) is 17.0 Å². The highest BCUT2D eigenvalue weighted by Gasteiger charge is 2.30. The van der Waals surface area contributed by atoms with Crippen LogP contribution in [0.3, 0.4) is 0 Å². The average Bonchev–Trinajstić information content (AvgIpc) is 2.70. The van der Waals surface area contributed by atoms with Crippen LogP contribution >= 0.6 is 23.1 Å². The van der Waals surface area contributed by atoms with Crippen LogP contribution in [0.1, 0.15) is 37.8 Å². The first-order chi connectivity index (χ1) is 8.22. The second-order valence-electron chi connectivity index (χ2n) is 5.28. The zero-order valence-corrected chi connectivity index (χ0v) is 11.7. The van der Waals surface area contributed by atoms with Gasteiger partial charge in [-0.1, -0.05) is 6.92 Å². The second-order valence-corrected chi connectivity index (χ2v) is 7.90. The van der Waals surface area contributed by atoms with Crippen molar-refractivity contribution in [1.82, 2.24) is 5.32 Å². The molecular formula is C13H19NOS2. The van der Waals surface area contributed by atoms with Gasteiger partial charge in [-0.2, -0.15) is 0 Å². The van der Waals surface area contributed by atoms with Crippen LogP contribution in [-0.2, 0) is 0 Å². The van der Waals surface area contributed by atoms with Crippen molar-refractivity contribution in [1.29, 1.82) is 0 Å². The molecule has 1 aromatic heterocycles. The largest absolute Gasteiger partial charge is 0.393 e. The molecule has 2 nitrogen and oxygen atoms in total. The summed E-state index contributed by atoms with van der Waals surface area (Å²) in [6, 6.07) is 2.80. The number of rotatable bonds is 3. The van der Waals surface area contributed by atoms with Crippen LogP contribution < -0.4 is 5.32 Å². The summed E-state index contributed by atoms with van der Waals surface area (Å²) < 4.78 is 1.50. The molecule has 3 rings (SSSR count). The molecular weight excluding hydrogens is 250 g/mol. The van der Waals surface area contributed by atoms with Crippen molar-refractivity contribution < 1.29 is 5.11 Å². The smallest absolute Gasteiger partial charge is 0.0649 e. The predicted octanol–water partition coefficient (Wildman–Crippen LogP) is 3.03. The Labute approximate surface area is 111 Å². The fourth-order valence-corrected chi connectivity index (χ4v) is 5.29. The quantitative estimate of drug-likeness (QED) is 0.884. The maximum absolute atomic E-state index is 9.29.